The summed E-state index contributed by atoms with van der Waals surface area (Å²) in [6.45, 7) is 0. The first-order valence-electron chi connectivity index (χ1n) is 5.47. The molecule has 0 saturated heterocycles. The van der Waals surface area contributed by atoms with Gasteiger partial charge in [0.05, 0.1) is 4.92 Å². The molecule has 0 amide bonds. The van der Waals surface area contributed by atoms with Gasteiger partial charge in [0, 0.05) is 29.1 Å². The monoisotopic (exact) mass is 315 g/mol. The van der Waals surface area contributed by atoms with Gasteiger partial charge in [0.2, 0.25) is 5.75 Å². The van der Waals surface area contributed by atoms with Gasteiger partial charge in [0.1, 0.15) is 11.6 Å². The Morgan fingerprint density at radius 1 is 1.25 bits per heavy atom. The fourth-order valence-electron chi connectivity index (χ4n) is 1.60. The maximum atomic E-state index is 13.4. The lowest BCUT2D eigenvalue weighted by Gasteiger charge is -2.08. The number of hydrogen-bond acceptors (Lipinski definition) is 3. The van der Waals surface area contributed by atoms with Crippen LogP contribution in [0.1, 0.15) is 5.56 Å². The normalized spacial score (nSPS) is 10.3. The minimum atomic E-state index is -0.604. The Bertz CT molecular complexity index is 664. The molecule has 7 heteroatoms. The third-order valence-corrected chi connectivity index (χ3v) is 2.98. The van der Waals surface area contributed by atoms with E-state index in [1.54, 1.807) is 0 Å². The van der Waals surface area contributed by atoms with E-state index in [4.69, 9.17) is 27.9 Å². The average Bonchev–Trinajstić information content (AvgIpc) is 2.37. The zero-order chi connectivity index (χ0) is 14.7. The molecule has 0 aliphatic heterocycles. The second kappa shape index (κ2) is 6.07. The largest absolute Gasteiger partial charge is 0.450 e. The molecule has 0 N–H and O–H groups in total. The van der Waals surface area contributed by atoms with E-state index >= 15 is 0 Å². The van der Waals surface area contributed by atoms with Gasteiger partial charge in [-0.05, 0) is 23.8 Å². The van der Waals surface area contributed by atoms with Crippen molar-refractivity contribution in [1.82, 2.24) is 0 Å². The molecule has 20 heavy (non-hydrogen) atoms. The SMILES string of the molecule is O=[N+]([O-])c1ccc(Cl)cc1Oc1cc(F)cc(CCl)c1. The summed E-state index contributed by atoms with van der Waals surface area (Å²) in [6, 6.07) is 7.76. The zero-order valence-corrected chi connectivity index (χ0v) is 11.5. The van der Waals surface area contributed by atoms with Crippen LogP contribution in [0.4, 0.5) is 10.1 Å². The van der Waals surface area contributed by atoms with Crippen molar-refractivity contribution in [1.29, 1.82) is 0 Å². The molecule has 2 aromatic rings. The van der Waals surface area contributed by atoms with Crippen LogP contribution in [0.15, 0.2) is 36.4 Å². The van der Waals surface area contributed by atoms with Crippen molar-refractivity contribution < 1.29 is 14.1 Å². The fraction of sp³-hybridized carbons (Fsp3) is 0.0769. The quantitative estimate of drug-likeness (QED) is 0.457. The summed E-state index contributed by atoms with van der Waals surface area (Å²) in [5.74, 6) is -0.381. The van der Waals surface area contributed by atoms with Gasteiger partial charge in [-0.25, -0.2) is 4.39 Å². The number of halogens is 3. The van der Waals surface area contributed by atoms with E-state index in [1.807, 2.05) is 0 Å². The Kier molecular flexibility index (Phi) is 4.42. The summed E-state index contributed by atoms with van der Waals surface area (Å²) in [7, 11) is 0. The van der Waals surface area contributed by atoms with Gasteiger partial charge in [0.15, 0.2) is 0 Å². The zero-order valence-electron chi connectivity index (χ0n) is 9.98. The Hall–Kier alpha value is -1.85. The molecule has 0 aliphatic carbocycles. The van der Waals surface area contributed by atoms with E-state index in [1.165, 1.54) is 30.3 Å². The second-order valence-electron chi connectivity index (χ2n) is 3.90. The molecule has 2 rings (SSSR count). The second-order valence-corrected chi connectivity index (χ2v) is 4.60. The topological polar surface area (TPSA) is 52.4 Å². The molecule has 2 aromatic carbocycles. The molecule has 104 valence electrons. The fourth-order valence-corrected chi connectivity index (χ4v) is 1.92. The number of nitrogens with zero attached hydrogens (tertiary/aromatic N) is 1. The standard InChI is InChI=1S/C13H8Cl2FNO3/c14-7-8-3-10(16)6-11(4-8)20-13-5-9(15)1-2-12(13)17(18)19/h1-6H,7H2. The summed E-state index contributed by atoms with van der Waals surface area (Å²) in [5.41, 5.74) is 0.248. The van der Waals surface area contributed by atoms with Crippen molar-refractivity contribution in [2.75, 3.05) is 0 Å². The highest BCUT2D eigenvalue weighted by atomic mass is 35.5. The predicted octanol–water partition coefficient (Wildman–Crippen LogP) is 4.92. The van der Waals surface area contributed by atoms with Crippen molar-refractivity contribution in [2.45, 2.75) is 5.88 Å². The van der Waals surface area contributed by atoms with Crippen LogP contribution >= 0.6 is 23.2 Å². The third-order valence-electron chi connectivity index (χ3n) is 2.43. The Balaban J connectivity index is 2.41. The molecule has 0 atom stereocenters. The van der Waals surface area contributed by atoms with E-state index < -0.39 is 10.7 Å². The van der Waals surface area contributed by atoms with Crippen LogP contribution in [0.3, 0.4) is 0 Å². The number of rotatable bonds is 4. The summed E-state index contributed by atoms with van der Waals surface area (Å²) < 4.78 is 18.7. The van der Waals surface area contributed by atoms with Gasteiger partial charge >= 0.3 is 5.69 Å². The van der Waals surface area contributed by atoms with E-state index in [0.29, 0.717) is 5.56 Å². The van der Waals surface area contributed by atoms with Crippen LogP contribution in [0.25, 0.3) is 0 Å². The van der Waals surface area contributed by atoms with Crippen LogP contribution in [-0.4, -0.2) is 4.92 Å². The first kappa shape index (κ1) is 14.6. The molecule has 0 aromatic heterocycles. The van der Waals surface area contributed by atoms with Gasteiger partial charge < -0.3 is 4.74 Å². The predicted molar refractivity (Wildman–Crippen MR) is 74.1 cm³/mol. The van der Waals surface area contributed by atoms with E-state index in [-0.39, 0.29) is 28.1 Å². The molecule has 0 heterocycles. The highest BCUT2D eigenvalue weighted by Crippen LogP contribution is 2.34. The maximum Gasteiger partial charge on any atom is 0.311 e. The molecule has 0 saturated carbocycles. The molecule has 0 fully saturated rings. The highest BCUT2D eigenvalue weighted by molar-refractivity contribution is 6.30. The average molecular weight is 316 g/mol. The van der Waals surface area contributed by atoms with E-state index in [0.717, 1.165) is 6.07 Å². The van der Waals surface area contributed by atoms with E-state index in [2.05, 4.69) is 0 Å². The Morgan fingerprint density at radius 2 is 2.00 bits per heavy atom. The molecular weight excluding hydrogens is 308 g/mol. The lowest BCUT2D eigenvalue weighted by atomic mass is 10.2. The van der Waals surface area contributed by atoms with Crippen molar-refractivity contribution in [2.24, 2.45) is 0 Å². The van der Waals surface area contributed by atoms with Crippen molar-refractivity contribution >= 4 is 28.9 Å². The molecule has 0 bridgehead atoms. The van der Waals surface area contributed by atoms with Crippen LogP contribution < -0.4 is 4.74 Å². The summed E-state index contributed by atoms with van der Waals surface area (Å²) in [5, 5.41) is 11.2. The van der Waals surface area contributed by atoms with Gasteiger partial charge in [0.25, 0.3) is 0 Å². The summed E-state index contributed by atoms with van der Waals surface area (Å²) in [6.07, 6.45) is 0. The number of nitro groups is 1. The molecule has 0 radical (unpaired) electrons. The minimum Gasteiger partial charge on any atom is -0.450 e. The first-order valence-corrected chi connectivity index (χ1v) is 6.38. The highest BCUT2D eigenvalue weighted by Gasteiger charge is 2.16. The minimum absolute atomic E-state index is 0.0615. The van der Waals surface area contributed by atoms with Gasteiger partial charge in [-0.2, -0.15) is 0 Å². The third kappa shape index (κ3) is 3.37. The van der Waals surface area contributed by atoms with Crippen molar-refractivity contribution in [3.05, 3.63) is 62.9 Å². The maximum absolute atomic E-state index is 13.4. The number of hydrogen-bond donors (Lipinski definition) is 0. The van der Waals surface area contributed by atoms with Crippen LogP contribution in [0.5, 0.6) is 11.5 Å². The number of nitro benzene ring substituents is 1. The van der Waals surface area contributed by atoms with Crippen LogP contribution in [-0.2, 0) is 5.88 Å². The smallest absolute Gasteiger partial charge is 0.311 e. The van der Waals surface area contributed by atoms with Crippen LogP contribution in [0.2, 0.25) is 5.02 Å². The lowest BCUT2D eigenvalue weighted by molar-refractivity contribution is -0.385. The van der Waals surface area contributed by atoms with Crippen molar-refractivity contribution in [3.63, 3.8) is 0 Å². The lowest BCUT2D eigenvalue weighted by Crippen LogP contribution is -1.94. The van der Waals surface area contributed by atoms with E-state index in [9.17, 15) is 14.5 Å². The molecule has 4 nitrogen and oxygen atoms in total. The number of ether oxygens (including phenoxy) is 1. The van der Waals surface area contributed by atoms with Crippen LogP contribution in [0, 0.1) is 15.9 Å². The molecule has 0 aliphatic rings. The molecule has 0 unspecified atom stereocenters. The summed E-state index contributed by atoms with van der Waals surface area (Å²) in [4.78, 5) is 10.3. The van der Waals surface area contributed by atoms with Crippen molar-refractivity contribution in [3.8, 4) is 11.5 Å². The molecular formula is C13H8Cl2FNO3. The van der Waals surface area contributed by atoms with Gasteiger partial charge in [-0.15, -0.1) is 11.6 Å². The van der Waals surface area contributed by atoms with Gasteiger partial charge in [-0.3, -0.25) is 10.1 Å². The van der Waals surface area contributed by atoms with Gasteiger partial charge in [-0.1, -0.05) is 11.6 Å². The summed E-state index contributed by atoms with van der Waals surface area (Å²) >= 11 is 11.4. The number of benzene rings is 2. The Morgan fingerprint density at radius 3 is 2.65 bits per heavy atom. The Labute approximate surface area is 123 Å². The number of alkyl halides is 1. The first-order chi connectivity index (χ1) is 9.49. The molecule has 0 spiro atoms.